The Kier molecular flexibility index (Phi) is 2.87. The average Bonchev–Trinajstić information content (AvgIpc) is 3.08. The number of fused-ring (bicyclic) bond motifs is 6. The fourth-order valence-electron chi connectivity index (χ4n) is 4.24. The summed E-state index contributed by atoms with van der Waals surface area (Å²) < 4.78 is 2.31. The van der Waals surface area contributed by atoms with E-state index >= 15 is 0 Å². The normalized spacial score (nSPS) is 13.4. The Bertz CT molecular complexity index is 1440. The molecule has 0 N–H and O–H groups in total. The SMILES string of the molecule is Cc1ccc(-c2cnc3c(c2)c2c4c(c5ccccc5n43)=CCC=C2)nc1. The Hall–Kier alpha value is -3.46. The highest BCUT2D eigenvalue weighted by Gasteiger charge is 2.19. The van der Waals surface area contributed by atoms with Crippen LogP contribution in [0.15, 0.2) is 60.9 Å². The Morgan fingerprint density at radius 2 is 1.89 bits per heavy atom. The highest BCUT2D eigenvalue weighted by Crippen LogP contribution is 2.33. The lowest BCUT2D eigenvalue weighted by molar-refractivity contribution is 1.24. The molecule has 4 aromatic heterocycles. The van der Waals surface area contributed by atoms with Crippen LogP contribution in [0.4, 0.5) is 0 Å². The van der Waals surface area contributed by atoms with Crippen molar-refractivity contribution < 1.29 is 0 Å². The number of para-hydroxylation sites is 1. The first-order valence-electron chi connectivity index (χ1n) is 9.25. The second kappa shape index (κ2) is 5.27. The molecule has 0 unspecified atom stereocenters. The summed E-state index contributed by atoms with van der Waals surface area (Å²) in [5.74, 6) is 0. The predicted octanol–water partition coefficient (Wildman–Crippen LogP) is 4.93. The number of pyridine rings is 2. The summed E-state index contributed by atoms with van der Waals surface area (Å²) in [5, 5.41) is 3.80. The van der Waals surface area contributed by atoms with E-state index in [4.69, 9.17) is 4.98 Å². The summed E-state index contributed by atoms with van der Waals surface area (Å²) in [6.45, 7) is 2.06. The van der Waals surface area contributed by atoms with Crippen molar-refractivity contribution >= 4 is 39.6 Å². The van der Waals surface area contributed by atoms with Crippen LogP contribution in [0.2, 0.25) is 0 Å². The lowest BCUT2D eigenvalue weighted by atomic mass is 10.1. The predicted molar refractivity (Wildman–Crippen MR) is 112 cm³/mol. The fraction of sp³-hybridized carbons (Fsp3) is 0.0833. The molecule has 6 rings (SSSR count). The minimum absolute atomic E-state index is 0.951. The fourth-order valence-corrected chi connectivity index (χ4v) is 4.24. The third-order valence-electron chi connectivity index (χ3n) is 5.49. The van der Waals surface area contributed by atoms with E-state index in [0.717, 1.165) is 28.9 Å². The molecule has 3 nitrogen and oxygen atoms in total. The molecule has 0 saturated carbocycles. The third kappa shape index (κ3) is 1.97. The molecule has 0 amide bonds. The van der Waals surface area contributed by atoms with Crippen LogP contribution in [-0.2, 0) is 0 Å². The largest absolute Gasteiger partial charge is 0.293 e. The van der Waals surface area contributed by atoms with E-state index in [2.05, 4.69) is 77.0 Å². The molecule has 128 valence electrons. The lowest BCUT2D eigenvalue weighted by Gasteiger charge is -2.02. The minimum Gasteiger partial charge on any atom is -0.293 e. The van der Waals surface area contributed by atoms with Gasteiger partial charge in [-0.2, -0.15) is 0 Å². The quantitative estimate of drug-likeness (QED) is 0.430. The van der Waals surface area contributed by atoms with Crippen molar-refractivity contribution in [1.29, 1.82) is 0 Å². The monoisotopic (exact) mass is 347 g/mol. The first-order valence-corrected chi connectivity index (χ1v) is 9.25. The van der Waals surface area contributed by atoms with Crippen molar-refractivity contribution in [2.24, 2.45) is 0 Å². The zero-order valence-corrected chi connectivity index (χ0v) is 15.0. The Balaban J connectivity index is 1.77. The van der Waals surface area contributed by atoms with Crippen molar-refractivity contribution in [1.82, 2.24) is 14.4 Å². The highest BCUT2D eigenvalue weighted by molar-refractivity contribution is 6.05. The van der Waals surface area contributed by atoms with Crippen molar-refractivity contribution in [2.45, 2.75) is 13.3 Å². The van der Waals surface area contributed by atoms with Crippen LogP contribution < -0.4 is 5.22 Å². The summed E-state index contributed by atoms with van der Waals surface area (Å²) in [6, 6.07) is 15.0. The maximum Gasteiger partial charge on any atom is 0.145 e. The standard InChI is InChI=1S/C24H17N3/c1-15-10-11-21(25-13-15)16-12-20-19-8-3-2-7-18-17-6-4-5-9-22(17)27(23(18)19)24(20)26-14-16/h3-14H,2H2,1H3. The minimum atomic E-state index is 0.951. The van der Waals surface area contributed by atoms with E-state index in [-0.39, 0.29) is 0 Å². The van der Waals surface area contributed by atoms with Crippen LogP contribution in [0.1, 0.15) is 17.5 Å². The number of aromatic nitrogens is 3. The van der Waals surface area contributed by atoms with Gasteiger partial charge < -0.3 is 0 Å². The smallest absolute Gasteiger partial charge is 0.145 e. The van der Waals surface area contributed by atoms with E-state index in [1.54, 1.807) is 0 Å². The van der Waals surface area contributed by atoms with Gasteiger partial charge in [0.2, 0.25) is 0 Å². The molecule has 1 aliphatic carbocycles. The van der Waals surface area contributed by atoms with Crippen LogP contribution in [-0.4, -0.2) is 14.4 Å². The summed E-state index contributed by atoms with van der Waals surface area (Å²) in [7, 11) is 0. The topological polar surface area (TPSA) is 30.2 Å². The summed E-state index contributed by atoms with van der Waals surface area (Å²) >= 11 is 0. The van der Waals surface area contributed by atoms with Gasteiger partial charge in [-0.15, -0.1) is 0 Å². The van der Waals surface area contributed by atoms with Crippen molar-refractivity contribution in [3.63, 3.8) is 0 Å². The molecule has 0 bridgehead atoms. The van der Waals surface area contributed by atoms with Crippen LogP contribution >= 0.6 is 0 Å². The third-order valence-corrected chi connectivity index (χ3v) is 5.49. The molecule has 3 heteroatoms. The molecule has 0 radical (unpaired) electrons. The molecule has 27 heavy (non-hydrogen) atoms. The number of allylic oxidation sites excluding steroid dienone is 1. The lowest BCUT2D eigenvalue weighted by Crippen LogP contribution is -1.97. The van der Waals surface area contributed by atoms with E-state index in [9.17, 15) is 0 Å². The number of benzene rings is 1. The first-order chi connectivity index (χ1) is 13.3. The molecule has 4 heterocycles. The van der Waals surface area contributed by atoms with Crippen molar-refractivity contribution in [2.75, 3.05) is 0 Å². The second-order valence-electron chi connectivity index (χ2n) is 7.19. The number of rotatable bonds is 1. The summed E-state index contributed by atoms with van der Waals surface area (Å²) in [6.07, 6.45) is 11.6. The van der Waals surface area contributed by atoms with Gasteiger partial charge >= 0.3 is 0 Å². The van der Waals surface area contributed by atoms with Crippen LogP contribution in [0, 0.1) is 6.92 Å². The van der Waals surface area contributed by atoms with Crippen LogP contribution in [0.25, 0.3) is 50.9 Å². The van der Waals surface area contributed by atoms with Crippen LogP contribution in [0.5, 0.6) is 0 Å². The maximum atomic E-state index is 4.87. The molecule has 0 fully saturated rings. The van der Waals surface area contributed by atoms with Gasteiger partial charge in [-0.25, -0.2) is 4.98 Å². The van der Waals surface area contributed by atoms with Crippen LogP contribution in [0.3, 0.4) is 0 Å². The van der Waals surface area contributed by atoms with Crippen molar-refractivity contribution in [3.8, 4) is 11.3 Å². The number of hydrogen-bond acceptors (Lipinski definition) is 2. The molecule has 0 saturated heterocycles. The summed E-state index contributed by atoms with van der Waals surface area (Å²) in [4.78, 5) is 9.46. The molecule has 1 aliphatic rings. The second-order valence-corrected chi connectivity index (χ2v) is 7.19. The molecule has 0 atom stereocenters. The van der Waals surface area contributed by atoms with Gasteiger partial charge in [0.25, 0.3) is 0 Å². The van der Waals surface area contributed by atoms with Gasteiger partial charge in [-0.05, 0) is 37.1 Å². The van der Waals surface area contributed by atoms with Gasteiger partial charge in [0, 0.05) is 39.5 Å². The molecule has 5 aromatic rings. The average molecular weight is 347 g/mol. The maximum absolute atomic E-state index is 4.87. The van der Waals surface area contributed by atoms with E-state index in [1.165, 1.54) is 32.6 Å². The zero-order valence-electron chi connectivity index (χ0n) is 15.0. The molecular weight excluding hydrogens is 330 g/mol. The Morgan fingerprint density at radius 3 is 2.78 bits per heavy atom. The molecule has 1 aromatic carbocycles. The van der Waals surface area contributed by atoms with Gasteiger partial charge in [-0.1, -0.05) is 42.5 Å². The molecule has 0 spiro atoms. The Labute approximate surface area is 156 Å². The van der Waals surface area contributed by atoms with E-state index in [0.29, 0.717) is 0 Å². The van der Waals surface area contributed by atoms with Gasteiger partial charge in [0.1, 0.15) is 5.65 Å². The van der Waals surface area contributed by atoms with E-state index < -0.39 is 0 Å². The number of aryl methyl sites for hydroxylation is 1. The van der Waals surface area contributed by atoms with Gasteiger partial charge in [0.05, 0.1) is 16.7 Å². The first kappa shape index (κ1) is 14.7. The highest BCUT2D eigenvalue weighted by atomic mass is 15.0. The Morgan fingerprint density at radius 1 is 0.963 bits per heavy atom. The van der Waals surface area contributed by atoms with Gasteiger partial charge in [-0.3, -0.25) is 9.38 Å². The zero-order chi connectivity index (χ0) is 18.0. The molecule has 0 aliphatic heterocycles. The van der Waals surface area contributed by atoms with Crippen molar-refractivity contribution in [3.05, 3.63) is 77.3 Å². The van der Waals surface area contributed by atoms with E-state index in [1.807, 2.05) is 12.4 Å². The molecular formula is C24H17N3. The number of hydrogen-bond donors (Lipinski definition) is 0. The van der Waals surface area contributed by atoms with Gasteiger partial charge in [0.15, 0.2) is 0 Å². The summed E-state index contributed by atoms with van der Waals surface area (Å²) in [5.41, 5.74) is 7.93. The number of nitrogens with zero attached hydrogens (tertiary/aromatic N) is 3.